The minimum Gasteiger partial charge on any atom is -0.385 e. The molecule has 0 aliphatic rings. The van der Waals surface area contributed by atoms with E-state index in [0.717, 1.165) is 29.9 Å². The van der Waals surface area contributed by atoms with E-state index in [9.17, 15) is 0 Å². The molecule has 0 spiro atoms. The Morgan fingerprint density at radius 2 is 2.31 bits per heavy atom. The first-order valence-electron chi connectivity index (χ1n) is 4.97. The van der Waals surface area contributed by atoms with Gasteiger partial charge in [-0.2, -0.15) is 0 Å². The molecule has 0 amide bonds. The average molecular weight is 323 g/mol. The average Bonchev–Trinajstić information content (AvgIpc) is 2.68. The summed E-state index contributed by atoms with van der Waals surface area (Å²) < 4.78 is 6.09. The number of ether oxygens (including phenoxy) is 1. The molecule has 1 heterocycles. The summed E-state index contributed by atoms with van der Waals surface area (Å²) in [5.41, 5.74) is 0. The van der Waals surface area contributed by atoms with Crippen LogP contribution < -0.4 is 10.6 Å². The molecule has 0 aromatic carbocycles. The van der Waals surface area contributed by atoms with Gasteiger partial charge in [-0.3, -0.25) is 0 Å². The van der Waals surface area contributed by atoms with Crippen molar-refractivity contribution in [3.63, 3.8) is 0 Å². The smallest absolute Gasteiger partial charge is 0.166 e. The van der Waals surface area contributed by atoms with Crippen molar-refractivity contribution >= 4 is 44.6 Å². The second-order valence-electron chi connectivity index (χ2n) is 3.16. The number of thiophene rings is 1. The van der Waals surface area contributed by atoms with E-state index < -0.39 is 0 Å². The standard InChI is InChI=1S/C10H15BrN2OS2/c1-14-6-2-5-12-10(15)13-7-8-3-4-9(11)16-8/h3-4H,2,5-7H2,1H3,(H2,12,13,15). The Balaban J connectivity index is 2.10. The lowest BCUT2D eigenvalue weighted by Gasteiger charge is -2.09. The summed E-state index contributed by atoms with van der Waals surface area (Å²) in [4.78, 5) is 1.26. The van der Waals surface area contributed by atoms with Gasteiger partial charge >= 0.3 is 0 Å². The first kappa shape index (κ1) is 13.9. The lowest BCUT2D eigenvalue weighted by atomic mass is 10.4. The van der Waals surface area contributed by atoms with E-state index in [1.54, 1.807) is 18.4 Å². The number of thiocarbonyl (C=S) groups is 1. The molecule has 3 nitrogen and oxygen atoms in total. The van der Waals surface area contributed by atoms with Gasteiger partial charge in [0.15, 0.2) is 5.11 Å². The van der Waals surface area contributed by atoms with Crippen molar-refractivity contribution in [2.24, 2.45) is 0 Å². The van der Waals surface area contributed by atoms with Crippen molar-refractivity contribution in [1.29, 1.82) is 0 Å². The molecule has 90 valence electrons. The highest BCUT2D eigenvalue weighted by molar-refractivity contribution is 9.11. The summed E-state index contributed by atoms with van der Waals surface area (Å²) in [5.74, 6) is 0. The predicted molar refractivity (Wildman–Crippen MR) is 76.0 cm³/mol. The van der Waals surface area contributed by atoms with Crippen LogP contribution in [0.25, 0.3) is 0 Å². The molecule has 6 heteroatoms. The van der Waals surface area contributed by atoms with Crippen LogP contribution in [0.2, 0.25) is 0 Å². The van der Waals surface area contributed by atoms with Crippen molar-refractivity contribution in [2.45, 2.75) is 13.0 Å². The second kappa shape index (κ2) is 8.00. The second-order valence-corrected chi connectivity index (χ2v) is 6.12. The molecular formula is C10H15BrN2OS2. The van der Waals surface area contributed by atoms with Gasteiger partial charge in [-0.05, 0) is 46.7 Å². The Morgan fingerprint density at radius 1 is 1.50 bits per heavy atom. The van der Waals surface area contributed by atoms with Gasteiger partial charge in [0.2, 0.25) is 0 Å². The maximum Gasteiger partial charge on any atom is 0.166 e. The number of hydrogen-bond donors (Lipinski definition) is 2. The third kappa shape index (κ3) is 5.79. The fraction of sp³-hybridized carbons (Fsp3) is 0.500. The van der Waals surface area contributed by atoms with Gasteiger partial charge in [-0.25, -0.2) is 0 Å². The van der Waals surface area contributed by atoms with Crippen LogP contribution in [0.1, 0.15) is 11.3 Å². The van der Waals surface area contributed by atoms with Crippen LogP contribution in [0.15, 0.2) is 15.9 Å². The van der Waals surface area contributed by atoms with Crippen LogP contribution in [0.3, 0.4) is 0 Å². The Kier molecular flexibility index (Phi) is 6.95. The molecule has 1 aromatic rings. The summed E-state index contributed by atoms with van der Waals surface area (Å²) >= 11 is 10.3. The summed E-state index contributed by atoms with van der Waals surface area (Å²) in [6.45, 7) is 2.37. The van der Waals surface area contributed by atoms with Gasteiger partial charge in [-0.15, -0.1) is 11.3 Å². The van der Waals surface area contributed by atoms with E-state index in [4.69, 9.17) is 17.0 Å². The molecule has 16 heavy (non-hydrogen) atoms. The van der Waals surface area contributed by atoms with Crippen molar-refractivity contribution < 1.29 is 4.74 Å². The van der Waals surface area contributed by atoms with E-state index in [-0.39, 0.29) is 0 Å². The topological polar surface area (TPSA) is 33.3 Å². The highest BCUT2D eigenvalue weighted by Crippen LogP contribution is 2.21. The fourth-order valence-electron chi connectivity index (χ4n) is 1.10. The summed E-state index contributed by atoms with van der Waals surface area (Å²) in [7, 11) is 1.70. The highest BCUT2D eigenvalue weighted by atomic mass is 79.9. The molecule has 0 bridgehead atoms. The van der Waals surface area contributed by atoms with E-state index in [0.29, 0.717) is 5.11 Å². The number of nitrogens with one attached hydrogen (secondary N) is 2. The van der Waals surface area contributed by atoms with Crippen LogP contribution >= 0.6 is 39.5 Å². The minimum atomic E-state index is 0.695. The Bertz CT molecular complexity index is 330. The molecule has 0 fully saturated rings. The number of rotatable bonds is 6. The van der Waals surface area contributed by atoms with Crippen LogP contribution in [0.4, 0.5) is 0 Å². The Morgan fingerprint density at radius 3 is 2.94 bits per heavy atom. The molecule has 0 unspecified atom stereocenters. The van der Waals surface area contributed by atoms with Gasteiger partial charge in [-0.1, -0.05) is 0 Å². The van der Waals surface area contributed by atoms with Crippen molar-refractivity contribution in [1.82, 2.24) is 10.6 Å². The van der Waals surface area contributed by atoms with Crippen LogP contribution in [-0.2, 0) is 11.3 Å². The first-order chi connectivity index (χ1) is 7.72. The van der Waals surface area contributed by atoms with E-state index in [1.807, 2.05) is 6.07 Å². The van der Waals surface area contributed by atoms with E-state index >= 15 is 0 Å². The minimum absolute atomic E-state index is 0.695. The highest BCUT2D eigenvalue weighted by Gasteiger charge is 1.99. The monoisotopic (exact) mass is 322 g/mol. The van der Waals surface area contributed by atoms with Crippen LogP contribution in [0.5, 0.6) is 0 Å². The fourth-order valence-corrected chi connectivity index (χ4v) is 2.69. The van der Waals surface area contributed by atoms with Crippen molar-refractivity contribution in [3.05, 3.63) is 20.8 Å². The number of halogens is 1. The van der Waals surface area contributed by atoms with Gasteiger partial charge in [0.1, 0.15) is 0 Å². The lowest BCUT2D eigenvalue weighted by molar-refractivity contribution is 0.195. The Labute approximate surface area is 114 Å². The van der Waals surface area contributed by atoms with Gasteiger partial charge in [0.05, 0.1) is 10.3 Å². The quantitative estimate of drug-likeness (QED) is 0.623. The zero-order chi connectivity index (χ0) is 11.8. The zero-order valence-electron chi connectivity index (χ0n) is 9.09. The van der Waals surface area contributed by atoms with Crippen molar-refractivity contribution in [2.75, 3.05) is 20.3 Å². The van der Waals surface area contributed by atoms with E-state index in [2.05, 4.69) is 32.6 Å². The SMILES string of the molecule is COCCCNC(=S)NCc1ccc(Br)s1. The summed E-state index contributed by atoms with van der Waals surface area (Å²) in [6, 6.07) is 4.12. The van der Waals surface area contributed by atoms with Crippen LogP contribution in [0, 0.1) is 0 Å². The molecule has 2 N–H and O–H groups in total. The molecule has 0 saturated heterocycles. The molecule has 0 radical (unpaired) electrons. The van der Waals surface area contributed by atoms with Gasteiger partial charge in [0.25, 0.3) is 0 Å². The zero-order valence-corrected chi connectivity index (χ0v) is 12.3. The molecular weight excluding hydrogens is 308 g/mol. The third-order valence-corrected chi connectivity index (χ3v) is 3.78. The maximum absolute atomic E-state index is 5.14. The van der Waals surface area contributed by atoms with Gasteiger partial charge < -0.3 is 15.4 Å². The molecule has 0 saturated carbocycles. The largest absolute Gasteiger partial charge is 0.385 e. The molecule has 0 aliphatic carbocycles. The lowest BCUT2D eigenvalue weighted by Crippen LogP contribution is -2.35. The first-order valence-corrected chi connectivity index (χ1v) is 6.99. The number of methoxy groups -OCH3 is 1. The predicted octanol–water partition coefficient (Wildman–Crippen LogP) is 2.51. The number of hydrogen-bond acceptors (Lipinski definition) is 3. The summed E-state index contributed by atoms with van der Waals surface area (Å²) in [6.07, 6.45) is 0.961. The third-order valence-electron chi connectivity index (χ3n) is 1.86. The maximum atomic E-state index is 5.14. The molecule has 0 atom stereocenters. The van der Waals surface area contributed by atoms with Crippen LogP contribution in [-0.4, -0.2) is 25.4 Å². The normalized spacial score (nSPS) is 10.1. The van der Waals surface area contributed by atoms with E-state index in [1.165, 1.54) is 4.88 Å². The molecule has 1 rings (SSSR count). The molecule has 1 aromatic heterocycles. The van der Waals surface area contributed by atoms with Gasteiger partial charge in [0, 0.05) is 25.1 Å². The van der Waals surface area contributed by atoms with Crippen molar-refractivity contribution in [3.8, 4) is 0 Å². The summed E-state index contributed by atoms with van der Waals surface area (Å²) in [5, 5.41) is 6.98. The molecule has 0 aliphatic heterocycles. The Hall–Kier alpha value is -0.170.